The molecule has 0 fully saturated rings. The summed E-state index contributed by atoms with van der Waals surface area (Å²) < 4.78 is 39.6. The van der Waals surface area contributed by atoms with Crippen LogP contribution in [0, 0.1) is 0 Å². The number of alkyl halides is 2. The first-order chi connectivity index (χ1) is 13.0. The molecule has 0 aliphatic carbocycles. The third-order valence-electron chi connectivity index (χ3n) is 3.38. The first-order valence-electron chi connectivity index (χ1n) is 8.21. The van der Waals surface area contributed by atoms with Crippen molar-refractivity contribution in [3.8, 4) is 11.5 Å². The summed E-state index contributed by atoms with van der Waals surface area (Å²) in [7, 11) is 0. The normalized spacial score (nSPS) is 11.6. The summed E-state index contributed by atoms with van der Waals surface area (Å²) in [6, 6.07) is 14.4. The molecule has 6 nitrogen and oxygen atoms in total. The van der Waals surface area contributed by atoms with Gasteiger partial charge in [0, 0.05) is 0 Å². The van der Waals surface area contributed by atoms with Crippen LogP contribution in [0.15, 0.2) is 54.6 Å². The Hall–Kier alpha value is -3.16. The molecule has 2 rings (SSSR count). The Balaban J connectivity index is 1.88. The number of anilines is 1. The van der Waals surface area contributed by atoms with Crippen molar-refractivity contribution in [1.29, 1.82) is 0 Å². The molecule has 0 aromatic heterocycles. The van der Waals surface area contributed by atoms with Gasteiger partial charge in [0.1, 0.15) is 11.5 Å². The Labute approximate surface area is 155 Å². The van der Waals surface area contributed by atoms with Gasteiger partial charge in [-0.25, -0.2) is 4.79 Å². The van der Waals surface area contributed by atoms with Crippen LogP contribution in [0.3, 0.4) is 0 Å². The van der Waals surface area contributed by atoms with E-state index in [1.165, 1.54) is 18.2 Å². The Kier molecular flexibility index (Phi) is 7.54. The van der Waals surface area contributed by atoms with E-state index in [0.29, 0.717) is 12.2 Å². The molecule has 0 heterocycles. The second kappa shape index (κ2) is 10.1. The van der Waals surface area contributed by atoms with Crippen LogP contribution >= 0.6 is 0 Å². The lowest BCUT2D eigenvalue weighted by Crippen LogP contribution is -2.31. The van der Waals surface area contributed by atoms with Crippen molar-refractivity contribution in [2.75, 3.05) is 11.9 Å². The summed E-state index contributed by atoms with van der Waals surface area (Å²) in [5, 5.41) is 2.36. The zero-order valence-electron chi connectivity index (χ0n) is 14.6. The van der Waals surface area contributed by atoms with E-state index in [4.69, 9.17) is 9.47 Å². The van der Waals surface area contributed by atoms with Crippen molar-refractivity contribution in [2.24, 2.45) is 0 Å². The summed E-state index contributed by atoms with van der Waals surface area (Å²) in [5.41, 5.74) is 0.0476. The lowest BCUT2D eigenvalue weighted by molar-refractivity contribution is -0.154. The second-order valence-electron chi connectivity index (χ2n) is 5.36. The highest BCUT2D eigenvalue weighted by atomic mass is 19.3. The van der Waals surface area contributed by atoms with Crippen LogP contribution in [-0.4, -0.2) is 31.2 Å². The van der Waals surface area contributed by atoms with Crippen molar-refractivity contribution < 1.29 is 32.6 Å². The molecule has 0 spiro atoms. The first kappa shape index (κ1) is 20.2. The maximum absolute atomic E-state index is 12.4. The fourth-order valence-corrected chi connectivity index (χ4v) is 2.15. The van der Waals surface area contributed by atoms with Crippen molar-refractivity contribution in [2.45, 2.75) is 26.1 Å². The van der Waals surface area contributed by atoms with Gasteiger partial charge in [-0.2, -0.15) is 8.78 Å². The molecule has 27 heavy (non-hydrogen) atoms. The van der Waals surface area contributed by atoms with Crippen molar-refractivity contribution in [1.82, 2.24) is 0 Å². The van der Waals surface area contributed by atoms with Gasteiger partial charge in [-0.05, 0) is 30.7 Å². The molecule has 2 aromatic carbocycles. The van der Waals surface area contributed by atoms with Gasteiger partial charge in [-0.1, -0.05) is 37.3 Å². The Morgan fingerprint density at radius 2 is 1.67 bits per heavy atom. The van der Waals surface area contributed by atoms with Crippen LogP contribution in [0.4, 0.5) is 14.5 Å². The molecule has 0 aliphatic rings. The standard InChI is InChI=1S/C19H19F2NO5/c1-2-15(26-13-8-4-3-5-9-13)18(24)25-12-17(23)22-14-10-6-7-11-16(14)27-19(20)21/h3-11,15,19H,2,12H2,1H3,(H,22,23)/t15-/m0/s1. The molecule has 0 bridgehead atoms. The van der Waals surface area contributed by atoms with Gasteiger partial charge in [-0.3, -0.25) is 4.79 Å². The van der Waals surface area contributed by atoms with Crippen LogP contribution < -0.4 is 14.8 Å². The predicted molar refractivity (Wildman–Crippen MR) is 93.8 cm³/mol. The summed E-state index contributed by atoms with van der Waals surface area (Å²) in [4.78, 5) is 24.0. The molecule has 0 unspecified atom stereocenters. The summed E-state index contributed by atoms with van der Waals surface area (Å²) in [6.07, 6.45) is -0.518. The van der Waals surface area contributed by atoms with E-state index in [9.17, 15) is 18.4 Å². The molecular weight excluding hydrogens is 360 g/mol. The Morgan fingerprint density at radius 1 is 1.00 bits per heavy atom. The SMILES string of the molecule is CC[C@H](Oc1ccccc1)C(=O)OCC(=O)Nc1ccccc1OC(F)F. The zero-order valence-corrected chi connectivity index (χ0v) is 14.6. The molecule has 1 atom stereocenters. The number of carbonyl (C=O) groups excluding carboxylic acids is 2. The number of carbonyl (C=O) groups is 2. The largest absolute Gasteiger partial charge is 0.479 e. The van der Waals surface area contributed by atoms with Gasteiger partial charge in [0.2, 0.25) is 0 Å². The number of halogens is 2. The number of benzene rings is 2. The molecule has 1 amide bonds. The van der Waals surface area contributed by atoms with E-state index in [0.717, 1.165) is 0 Å². The van der Waals surface area contributed by atoms with Crippen LogP contribution in [0.5, 0.6) is 11.5 Å². The highest BCUT2D eigenvalue weighted by molar-refractivity contribution is 5.94. The number of ether oxygens (including phenoxy) is 3. The van der Waals surface area contributed by atoms with Gasteiger partial charge in [0.15, 0.2) is 12.7 Å². The fourth-order valence-electron chi connectivity index (χ4n) is 2.15. The number of hydrogen-bond acceptors (Lipinski definition) is 5. The quantitative estimate of drug-likeness (QED) is 0.674. The third kappa shape index (κ3) is 6.58. The molecule has 1 N–H and O–H groups in total. The highest BCUT2D eigenvalue weighted by Crippen LogP contribution is 2.25. The smallest absolute Gasteiger partial charge is 0.387 e. The maximum atomic E-state index is 12.4. The van der Waals surface area contributed by atoms with Crippen molar-refractivity contribution in [3.63, 3.8) is 0 Å². The molecule has 0 aliphatic heterocycles. The van der Waals surface area contributed by atoms with Crippen LogP contribution in [0.25, 0.3) is 0 Å². The van der Waals surface area contributed by atoms with Crippen molar-refractivity contribution >= 4 is 17.6 Å². The number of esters is 1. The second-order valence-corrected chi connectivity index (χ2v) is 5.36. The van der Waals surface area contributed by atoms with E-state index in [1.807, 2.05) is 6.07 Å². The van der Waals surface area contributed by atoms with Gasteiger partial charge >= 0.3 is 12.6 Å². The highest BCUT2D eigenvalue weighted by Gasteiger charge is 2.21. The van der Waals surface area contributed by atoms with E-state index in [1.54, 1.807) is 37.3 Å². The molecule has 144 valence electrons. The first-order valence-corrected chi connectivity index (χ1v) is 8.21. The Bertz CT molecular complexity index is 755. The summed E-state index contributed by atoms with van der Waals surface area (Å²) in [5.74, 6) is -1.08. The summed E-state index contributed by atoms with van der Waals surface area (Å²) in [6.45, 7) is -1.87. The monoisotopic (exact) mass is 379 g/mol. The molecular formula is C19H19F2NO5. The minimum atomic E-state index is -3.03. The van der Waals surface area contributed by atoms with Crippen LogP contribution in [0.2, 0.25) is 0 Å². The van der Waals surface area contributed by atoms with E-state index < -0.39 is 31.2 Å². The van der Waals surface area contributed by atoms with Crippen LogP contribution in [0.1, 0.15) is 13.3 Å². The van der Waals surface area contributed by atoms with E-state index in [2.05, 4.69) is 10.1 Å². The lowest BCUT2D eigenvalue weighted by Gasteiger charge is -2.16. The number of amides is 1. The number of rotatable bonds is 9. The predicted octanol–water partition coefficient (Wildman–Crippen LogP) is 3.63. The maximum Gasteiger partial charge on any atom is 0.387 e. The molecule has 8 heteroatoms. The van der Waals surface area contributed by atoms with Gasteiger partial charge in [0.05, 0.1) is 5.69 Å². The fraction of sp³-hybridized carbons (Fsp3) is 0.263. The number of nitrogens with one attached hydrogen (secondary N) is 1. The number of para-hydroxylation sites is 3. The average molecular weight is 379 g/mol. The van der Waals surface area contributed by atoms with Gasteiger partial charge in [0.25, 0.3) is 5.91 Å². The van der Waals surface area contributed by atoms with E-state index in [-0.39, 0.29) is 11.4 Å². The topological polar surface area (TPSA) is 73.9 Å². The van der Waals surface area contributed by atoms with Crippen LogP contribution in [-0.2, 0) is 14.3 Å². The molecule has 0 saturated heterocycles. The number of hydrogen-bond donors (Lipinski definition) is 1. The lowest BCUT2D eigenvalue weighted by atomic mass is 10.2. The minimum Gasteiger partial charge on any atom is -0.479 e. The average Bonchev–Trinajstić information content (AvgIpc) is 2.66. The Morgan fingerprint density at radius 3 is 2.33 bits per heavy atom. The van der Waals surface area contributed by atoms with E-state index >= 15 is 0 Å². The van der Waals surface area contributed by atoms with Crippen molar-refractivity contribution in [3.05, 3.63) is 54.6 Å². The molecule has 0 saturated carbocycles. The van der Waals surface area contributed by atoms with Gasteiger partial charge < -0.3 is 19.5 Å². The zero-order chi connectivity index (χ0) is 19.6. The minimum absolute atomic E-state index is 0.0476. The third-order valence-corrected chi connectivity index (χ3v) is 3.38. The molecule has 0 radical (unpaired) electrons. The summed E-state index contributed by atoms with van der Waals surface area (Å²) >= 11 is 0. The molecule has 2 aromatic rings. The van der Waals surface area contributed by atoms with Gasteiger partial charge in [-0.15, -0.1) is 0 Å².